The third-order valence-electron chi connectivity index (χ3n) is 3.50. The van der Waals surface area contributed by atoms with Gasteiger partial charge in [-0.2, -0.15) is 0 Å². The molecule has 1 aromatic carbocycles. The van der Waals surface area contributed by atoms with Crippen LogP contribution in [0.15, 0.2) is 42.7 Å². The molecule has 0 bridgehead atoms. The van der Waals surface area contributed by atoms with Crippen LogP contribution in [0.4, 0.5) is 4.39 Å². The summed E-state index contributed by atoms with van der Waals surface area (Å²) in [6, 6.07) is 9.26. The van der Waals surface area contributed by atoms with Gasteiger partial charge in [-0.1, -0.05) is 30.3 Å². The van der Waals surface area contributed by atoms with Gasteiger partial charge in [-0.25, -0.2) is 4.39 Å². The maximum atomic E-state index is 14.2. The topological polar surface area (TPSA) is 42.4 Å². The van der Waals surface area contributed by atoms with Crippen LogP contribution < -0.4 is 0 Å². The highest BCUT2D eigenvalue weighted by Crippen LogP contribution is 2.26. The van der Waals surface area contributed by atoms with Crippen LogP contribution in [0.1, 0.15) is 10.4 Å². The number of nitrogens with zero attached hydrogens (tertiary/aromatic N) is 2. The first kappa shape index (κ1) is 13.7. The molecule has 1 aromatic heterocycles. The number of aromatic nitrogens is 1. The summed E-state index contributed by atoms with van der Waals surface area (Å²) in [5.74, 6) is -0.898. The predicted molar refractivity (Wildman–Crippen MR) is 76.4 cm³/mol. The van der Waals surface area contributed by atoms with Crippen molar-refractivity contribution < 1.29 is 13.9 Å². The van der Waals surface area contributed by atoms with Gasteiger partial charge in [0.05, 0.1) is 25.0 Å². The van der Waals surface area contributed by atoms with E-state index in [1.165, 1.54) is 6.20 Å². The van der Waals surface area contributed by atoms with Crippen molar-refractivity contribution in [2.24, 2.45) is 0 Å². The zero-order valence-corrected chi connectivity index (χ0v) is 11.5. The van der Waals surface area contributed by atoms with E-state index in [9.17, 15) is 9.18 Å². The van der Waals surface area contributed by atoms with Gasteiger partial charge in [0.25, 0.3) is 5.91 Å². The Morgan fingerprint density at radius 2 is 1.86 bits per heavy atom. The molecule has 5 heteroatoms. The zero-order valence-electron chi connectivity index (χ0n) is 11.5. The van der Waals surface area contributed by atoms with Crippen LogP contribution in [-0.4, -0.2) is 42.1 Å². The average molecular weight is 286 g/mol. The van der Waals surface area contributed by atoms with Crippen molar-refractivity contribution in [1.29, 1.82) is 0 Å². The van der Waals surface area contributed by atoms with Gasteiger partial charge in [-0.3, -0.25) is 9.78 Å². The summed E-state index contributed by atoms with van der Waals surface area (Å²) >= 11 is 0. The zero-order chi connectivity index (χ0) is 14.7. The molecule has 0 radical (unpaired) electrons. The van der Waals surface area contributed by atoms with E-state index < -0.39 is 5.82 Å². The van der Waals surface area contributed by atoms with Gasteiger partial charge in [0.1, 0.15) is 0 Å². The number of amides is 1. The molecule has 2 heterocycles. The van der Waals surface area contributed by atoms with Crippen molar-refractivity contribution in [2.75, 3.05) is 26.3 Å². The van der Waals surface area contributed by atoms with Crippen molar-refractivity contribution in [3.05, 3.63) is 54.1 Å². The van der Waals surface area contributed by atoms with Crippen LogP contribution in [0.2, 0.25) is 0 Å². The van der Waals surface area contributed by atoms with Crippen LogP contribution in [0.25, 0.3) is 11.1 Å². The number of benzene rings is 1. The number of morpholine rings is 1. The van der Waals surface area contributed by atoms with E-state index in [4.69, 9.17) is 4.74 Å². The molecule has 1 saturated heterocycles. The lowest BCUT2D eigenvalue weighted by atomic mass is 10.0. The lowest BCUT2D eigenvalue weighted by Crippen LogP contribution is -2.41. The van der Waals surface area contributed by atoms with Crippen LogP contribution in [0, 0.1) is 5.82 Å². The predicted octanol–water partition coefficient (Wildman–Crippen LogP) is 2.36. The molecule has 0 saturated carbocycles. The molecule has 0 aliphatic carbocycles. The molecule has 4 nitrogen and oxygen atoms in total. The molecule has 0 N–H and O–H groups in total. The second-order valence-corrected chi connectivity index (χ2v) is 4.81. The van der Waals surface area contributed by atoms with E-state index >= 15 is 0 Å². The number of carbonyl (C=O) groups excluding carboxylic acids is 1. The lowest BCUT2D eigenvalue weighted by Gasteiger charge is -2.27. The summed E-state index contributed by atoms with van der Waals surface area (Å²) < 4.78 is 19.4. The fraction of sp³-hybridized carbons (Fsp3) is 0.250. The highest BCUT2D eigenvalue weighted by molar-refractivity contribution is 6.01. The van der Waals surface area contributed by atoms with E-state index in [1.54, 1.807) is 4.90 Å². The number of ether oxygens (including phenoxy) is 1. The number of rotatable bonds is 2. The molecule has 3 rings (SSSR count). The Labute approximate surface area is 122 Å². The molecule has 21 heavy (non-hydrogen) atoms. The van der Waals surface area contributed by atoms with Crippen molar-refractivity contribution in [1.82, 2.24) is 9.88 Å². The van der Waals surface area contributed by atoms with E-state index in [1.807, 2.05) is 30.3 Å². The number of hydrogen-bond acceptors (Lipinski definition) is 3. The number of pyridine rings is 1. The van der Waals surface area contributed by atoms with E-state index in [0.29, 0.717) is 31.9 Å². The van der Waals surface area contributed by atoms with Crippen molar-refractivity contribution >= 4 is 5.91 Å². The van der Waals surface area contributed by atoms with Crippen molar-refractivity contribution in [2.45, 2.75) is 0 Å². The van der Waals surface area contributed by atoms with Gasteiger partial charge in [0.15, 0.2) is 5.82 Å². The Balaban J connectivity index is 2.03. The van der Waals surface area contributed by atoms with Gasteiger partial charge in [-0.05, 0) is 5.56 Å². The maximum Gasteiger partial charge on any atom is 0.257 e. The summed E-state index contributed by atoms with van der Waals surface area (Å²) in [6.45, 7) is 1.93. The van der Waals surface area contributed by atoms with E-state index in [0.717, 1.165) is 11.8 Å². The number of hydrogen-bond donors (Lipinski definition) is 0. The van der Waals surface area contributed by atoms with Crippen LogP contribution in [-0.2, 0) is 4.74 Å². The fourth-order valence-electron chi connectivity index (χ4n) is 2.41. The van der Waals surface area contributed by atoms with Crippen molar-refractivity contribution in [3.8, 4) is 11.1 Å². The summed E-state index contributed by atoms with van der Waals surface area (Å²) in [5, 5.41) is 0. The Kier molecular flexibility index (Phi) is 3.92. The minimum atomic E-state index is -0.590. The van der Waals surface area contributed by atoms with E-state index in [2.05, 4.69) is 4.98 Å². The van der Waals surface area contributed by atoms with Crippen LogP contribution >= 0.6 is 0 Å². The summed E-state index contributed by atoms with van der Waals surface area (Å²) in [7, 11) is 0. The lowest BCUT2D eigenvalue weighted by molar-refractivity contribution is 0.0300. The van der Waals surface area contributed by atoms with Gasteiger partial charge in [-0.15, -0.1) is 0 Å². The van der Waals surface area contributed by atoms with Gasteiger partial charge >= 0.3 is 0 Å². The normalized spacial score (nSPS) is 15.0. The molecule has 0 spiro atoms. The second kappa shape index (κ2) is 6.01. The van der Waals surface area contributed by atoms with Crippen molar-refractivity contribution in [3.63, 3.8) is 0 Å². The smallest absolute Gasteiger partial charge is 0.257 e. The summed E-state index contributed by atoms with van der Waals surface area (Å²) in [4.78, 5) is 18.1. The summed E-state index contributed by atoms with van der Waals surface area (Å²) in [5.41, 5.74) is 1.38. The Morgan fingerprint density at radius 3 is 2.57 bits per heavy atom. The third-order valence-corrected chi connectivity index (χ3v) is 3.50. The first-order valence-electron chi connectivity index (χ1n) is 6.83. The second-order valence-electron chi connectivity index (χ2n) is 4.81. The minimum absolute atomic E-state index is 0.0816. The molecule has 0 unspecified atom stereocenters. The SMILES string of the molecule is O=C(c1c(F)cncc1-c1ccccc1)N1CCOCC1. The highest BCUT2D eigenvalue weighted by Gasteiger charge is 2.25. The van der Waals surface area contributed by atoms with E-state index in [-0.39, 0.29) is 11.5 Å². The molecule has 1 fully saturated rings. The van der Waals surface area contributed by atoms with Crippen LogP contribution in [0.3, 0.4) is 0 Å². The maximum absolute atomic E-state index is 14.2. The highest BCUT2D eigenvalue weighted by atomic mass is 19.1. The third kappa shape index (κ3) is 2.78. The summed E-state index contributed by atoms with van der Waals surface area (Å²) in [6.07, 6.45) is 2.62. The molecule has 1 aliphatic heterocycles. The quantitative estimate of drug-likeness (QED) is 0.851. The molecule has 108 valence electrons. The first-order chi connectivity index (χ1) is 10.3. The molecule has 1 amide bonds. The largest absolute Gasteiger partial charge is 0.378 e. The van der Waals surface area contributed by atoms with Crippen LogP contribution in [0.5, 0.6) is 0 Å². The standard InChI is InChI=1S/C16H15FN2O2/c17-14-11-18-10-13(12-4-2-1-3-5-12)15(14)16(20)19-6-8-21-9-7-19/h1-5,10-11H,6-9H2. The average Bonchev–Trinajstić information content (AvgIpc) is 2.55. The molecule has 2 aromatic rings. The Hall–Kier alpha value is -2.27. The number of halogens is 1. The molecular weight excluding hydrogens is 271 g/mol. The first-order valence-corrected chi connectivity index (χ1v) is 6.83. The van der Waals surface area contributed by atoms with Gasteiger partial charge < -0.3 is 9.64 Å². The Morgan fingerprint density at radius 1 is 1.14 bits per heavy atom. The number of carbonyl (C=O) groups is 1. The monoisotopic (exact) mass is 286 g/mol. The molecular formula is C16H15FN2O2. The molecule has 1 aliphatic rings. The van der Waals surface area contributed by atoms with Gasteiger partial charge in [0, 0.05) is 24.8 Å². The minimum Gasteiger partial charge on any atom is -0.378 e. The molecule has 0 atom stereocenters. The Bertz CT molecular complexity index is 640. The van der Waals surface area contributed by atoms with Gasteiger partial charge in [0.2, 0.25) is 0 Å². The fourth-order valence-corrected chi connectivity index (χ4v) is 2.41.